The summed E-state index contributed by atoms with van der Waals surface area (Å²) in [6.07, 6.45) is 5.66. The molecule has 26 heavy (non-hydrogen) atoms. The lowest BCUT2D eigenvalue weighted by Crippen LogP contribution is -2.14. The van der Waals surface area contributed by atoms with Crippen LogP contribution < -0.4 is 5.32 Å². The van der Waals surface area contributed by atoms with Gasteiger partial charge < -0.3 is 9.88 Å². The first-order valence-corrected chi connectivity index (χ1v) is 8.56. The van der Waals surface area contributed by atoms with Crippen molar-refractivity contribution in [3.63, 3.8) is 0 Å². The molecule has 2 aromatic carbocycles. The summed E-state index contributed by atoms with van der Waals surface area (Å²) < 4.78 is 3.97. The van der Waals surface area contributed by atoms with Gasteiger partial charge in [-0.05, 0) is 36.8 Å². The summed E-state index contributed by atoms with van der Waals surface area (Å²) in [6, 6.07) is 15.8. The van der Waals surface area contributed by atoms with Crippen molar-refractivity contribution < 1.29 is 4.79 Å². The molecular formula is C20H19N5O. The van der Waals surface area contributed by atoms with Gasteiger partial charge in [0, 0.05) is 29.3 Å². The van der Waals surface area contributed by atoms with Gasteiger partial charge in [-0.1, -0.05) is 24.3 Å². The van der Waals surface area contributed by atoms with Crippen molar-refractivity contribution in [1.29, 1.82) is 0 Å². The van der Waals surface area contributed by atoms with Crippen molar-refractivity contribution in [2.24, 2.45) is 0 Å². The molecular weight excluding hydrogens is 326 g/mol. The molecule has 1 amide bonds. The molecule has 130 valence electrons. The summed E-state index contributed by atoms with van der Waals surface area (Å²) in [7, 11) is 0. The highest BCUT2D eigenvalue weighted by molar-refractivity contribution is 5.96. The third kappa shape index (κ3) is 3.09. The topological polar surface area (TPSA) is 64.7 Å². The Balaban J connectivity index is 1.54. The number of carbonyl (C=O) groups is 1. The summed E-state index contributed by atoms with van der Waals surface area (Å²) in [5, 5.41) is 11.7. The van der Waals surface area contributed by atoms with Crippen molar-refractivity contribution in [3.05, 3.63) is 72.9 Å². The van der Waals surface area contributed by atoms with E-state index in [-0.39, 0.29) is 5.91 Å². The lowest BCUT2D eigenvalue weighted by molar-refractivity contribution is -0.115. The Hall–Kier alpha value is -3.41. The van der Waals surface area contributed by atoms with Crippen LogP contribution in [-0.2, 0) is 17.8 Å². The molecule has 0 spiro atoms. The van der Waals surface area contributed by atoms with Gasteiger partial charge in [0.05, 0.1) is 12.1 Å². The van der Waals surface area contributed by atoms with E-state index in [9.17, 15) is 4.79 Å². The third-order valence-electron chi connectivity index (χ3n) is 4.41. The first-order valence-electron chi connectivity index (χ1n) is 8.56. The second-order valence-corrected chi connectivity index (χ2v) is 6.10. The van der Waals surface area contributed by atoms with Crippen LogP contribution >= 0.6 is 0 Å². The fourth-order valence-corrected chi connectivity index (χ4v) is 3.18. The molecule has 0 aliphatic heterocycles. The number of hydrogen-bond donors (Lipinski definition) is 1. The number of nitrogens with zero attached hydrogens (tertiary/aromatic N) is 4. The average Bonchev–Trinajstić information content (AvgIpc) is 3.30. The minimum atomic E-state index is -0.0371. The molecule has 0 aliphatic carbocycles. The molecule has 4 aromatic rings. The molecule has 2 heterocycles. The molecule has 6 nitrogen and oxygen atoms in total. The minimum absolute atomic E-state index is 0.0371. The maximum Gasteiger partial charge on any atom is 0.228 e. The standard InChI is InChI=1S/C20H19N5O/c1-2-24-12-15(18-8-3-4-9-19(18)24)10-20(26)23-16-6-5-7-17(11-16)25-13-21-22-14-25/h3-9,11-14H,2,10H2,1H3,(H,23,26). The van der Waals surface area contributed by atoms with Gasteiger partial charge in [0.1, 0.15) is 12.7 Å². The number of rotatable bonds is 5. The van der Waals surface area contributed by atoms with Crippen molar-refractivity contribution in [2.75, 3.05) is 5.32 Å². The number of aromatic nitrogens is 4. The summed E-state index contributed by atoms with van der Waals surface area (Å²) in [6.45, 7) is 2.98. The first-order chi connectivity index (χ1) is 12.7. The van der Waals surface area contributed by atoms with Crippen molar-refractivity contribution in [3.8, 4) is 5.69 Å². The van der Waals surface area contributed by atoms with E-state index in [1.54, 1.807) is 17.2 Å². The molecule has 0 bridgehead atoms. The van der Waals surface area contributed by atoms with Gasteiger partial charge in [0.15, 0.2) is 0 Å². The van der Waals surface area contributed by atoms with Crippen LogP contribution in [0.5, 0.6) is 0 Å². The largest absolute Gasteiger partial charge is 0.347 e. The third-order valence-corrected chi connectivity index (χ3v) is 4.41. The zero-order chi connectivity index (χ0) is 17.9. The second-order valence-electron chi connectivity index (χ2n) is 6.10. The Kier molecular flexibility index (Phi) is 4.23. The van der Waals surface area contributed by atoms with Crippen LogP contribution in [0.25, 0.3) is 16.6 Å². The Morgan fingerprint density at radius 1 is 1.08 bits per heavy atom. The van der Waals surface area contributed by atoms with Gasteiger partial charge in [0.25, 0.3) is 0 Å². The number of benzene rings is 2. The van der Waals surface area contributed by atoms with Gasteiger partial charge >= 0.3 is 0 Å². The first kappa shape index (κ1) is 16.1. The fourth-order valence-electron chi connectivity index (χ4n) is 3.18. The second kappa shape index (κ2) is 6.84. The highest BCUT2D eigenvalue weighted by Crippen LogP contribution is 2.22. The van der Waals surface area contributed by atoms with Crippen LogP contribution in [0.15, 0.2) is 67.4 Å². The van der Waals surface area contributed by atoms with Gasteiger partial charge in [0.2, 0.25) is 5.91 Å². The van der Waals surface area contributed by atoms with Crippen LogP contribution in [-0.4, -0.2) is 25.2 Å². The molecule has 0 saturated heterocycles. The summed E-state index contributed by atoms with van der Waals surface area (Å²) in [4.78, 5) is 12.6. The number of anilines is 1. The van der Waals surface area contributed by atoms with Crippen LogP contribution in [0, 0.1) is 0 Å². The lowest BCUT2D eigenvalue weighted by Gasteiger charge is -2.07. The SMILES string of the molecule is CCn1cc(CC(=O)Nc2cccc(-n3cnnc3)c2)c2ccccc21. The zero-order valence-corrected chi connectivity index (χ0v) is 14.5. The van der Waals surface area contributed by atoms with E-state index in [1.165, 1.54) is 0 Å². The van der Waals surface area contributed by atoms with E-state index in [1.807, 2.05) is 36.4 Å². The zero-order valence-electron chi connectivity index (χ0n) is 14.5. The maximum absolute atomic E-state index is 12.6. The van der Waals surface area contributed by atoms with E-state index in [0.717, 1.165) is 34.4 Å². The van der Waals surface area contributed by atoms with E-state index in [2.05, 4.69) is 45.3 Å². The van der Waals surface area contributed by atoms with Gasteiger partial charge in [-0.25, -0.2) is 0 Å². The fraction of sp³-hybridized carbons (Fsp3) is 0.150. The molecule has 0 radical (unpaired) electrons. The number of nitrogens with one attached hydrogen (secondary N) is 1. The number of para-hydroxylation sites is 1. The molecule has 4 rings (SSSR count). The van der Waals surface area contributed by atoms with E-state index >= 15 is 0 Å². The Morgan fingerprint density at radius 2 is 1.88 bits per heavy atom. The number of aryl methyl sites for hydroxylation is 1. The predicted molar refractivity (Wildman–Crippen MR) is 101 cm³/mol. The van der Waals surface area contributed by atoms with Crippen LogP contribution in [0.3, 0.4) is 0 Å². The molecule has 0 fully saturated rings. The number of hydrogen-bond acceptors (Lipinski definition) is 3. The van der Waals surface area contributed by atoms with Crippen LogP contribution in [0.4, 0.5) is 5.69 Å². The van der Waals surface area contributed by atoms with Gasteiger partial charge in [-0.3, -0.25) is 9.36 Å². The normalized spacial score (nSPS) is 11.0. The maximum atomic E-state index is 12.6. The smallest absolute Gasteiger partial charge is 0.228 e. The molecule has 2 aromatic heterocycles. The minimum Gasteiger partial charge on any atom is -0.347 e. The summed E-state index contributed by atoms with van der Waals surface area (Å²) >= 11 is 0. The Bertz CT molecular complexity index is 1050. The Labute approximate surface area is 151 Å². The predicted octanol–water partition coefficient (Wildman–Crippen LogP) is 3.42. The molecule has 6 heteroatoms. The number of amides is 1. The van der Waals surface area contributed by atoms with Gasteiger partial charge in [-0.2, -0.15) is 0 Å². The number of fused-ring (bicyclic) bond motifs is 1. The lowest BCUT2D eigenvalue weighted by atomic mass is 10.1. The molecule has 0 saturated carbocycles. The van der Waals surface area contributed by atoms with Crippen molar-refractivity contribution in [1.82, 2.24) is 19.3 Å². The van der Waals surface area contributed by atoms with E-state index in [4.69, 9.17) is 0 Å². The monoisotopic (exact) mass is 345 g/mol. The number of carbonyl (C=O) groups excluding carboxylic acids is 1. The van der Waals surface area contributed by atoms with Gasteiger partial charge in [-0.15, -0.1) is 10.2 Å². The van der Waals surface area contributed by atoms with Crippen LogP contribution in [0.1, 0.15) is 12.5 Å². The van der Waals surface area contributed by atoms with Crippen molar-refractivity contribution in [2.45, 2.75) is 19.9 Å². The van der Waals surface area contributed by atoms with Crippen molar-refractivity contribution >= 4 is 22.5 Å². The molecule has 0 atom stereocenters. The van der Waals surface area contributed by atoms with Crippen LogP contribution in [0.2, 0.25) is 0 Å². The quantitative estimate of drug-likeness (QED) is 0.603. The van der Waals surface area contributed by atoms with E-state index < -0.39 is 0 Å². The Morgan fingerprint density at radius 3 is 2.69 bits per heavy atom. The highest BCUT2D eigenvalue weighted by atomic mass is 16.1. The molecule has 0 aliphatic rings. The highest BCUT2D eigenvalue weighted by Gasteiger charge is 2.11. The molecule has 0 unspecified atom stereocenters. The molecule has 1 N–H and O–H groups in total. The summed E-state index contributed by atoms with van der Waals surface area (Å²) in [5.74, 6) is -0.0371. The average molecular weight is 345 g/mol. The summed E-state index contributed by atoms with van der Waals surface area (Å²) in [5.41, 5.74) is 3.85. The van der Waals surface area contributed by atoms with E-state index in [0.29, 0.717) is 6.42 Å².